The topological polar surface area (TPSA) is 9.23 Å². The van der Waals surface area contributed by atoms with Crippen LogP contribution in [0.25, 0.3) is 0 Å². The molecule has 1 saturated carbocycles. The first-order valence-corrected chi connectivity index (χ1v) is 7.79. The summed E-state index contributed by atoms with van der Waals surface area (Å²) >= 11 is 0. The van der Waals surface area contributed by atoms with Gasteiger partial charge in [-0.25, -0.2) is 0 Å². The fourth-order valence-corrected chi connectivity index (χ4v) is 2.46. The molecule has 1 aliphatic rings. The summed E-state index contributed by atoms with van der Waals surface area (Å²) in [6.07, 6.45) is 8.60. The lowest BCUT2D eigenvalue weighted by Crippen LogP contribution is -2.33. The van der Waals surface area contributed by atoms with E-state index in [1.807, 2.05) is 0 Å². The summed E-state index contributed by atoms with van der Waals surface area (Å²) in [5.74, 6) is 1.29. The van der Waals surface area contributed by atoms with Crippen LogP contribution in [0.1, 0.15) is 6.92 Å². The van der Waals surface area contributed by atoms with Gasteiger partial charge in [0.1, 0.15) is 0 Å². The zero-order valence-electron chi connectivity index (χ0n) is 8.29. The van der Waals surface area contributed by atoms with Gasteiger partial charge in [0.15, 0.2) is 8.32 Å². The Labute approximate surface area is 77.6 Å². The Morgan fingerprint density at radius 3 is 2.08 bits per heavy atom. The Morgan fingerprint density at radius 2 is 1.67 bits per heavy atom. The van der Waals surface area contributed by atoms with Crippen LogP contribution in [0.3, 0.4) is 0 Å². The molecule has 1 unspecified atom stereocenters. The third-order valence-electron chi connectivity index (χ3n) is 1.69. The molecule has 1 rings (SSSR count). The Balaban J connectivity index is 2.31. The van der Waals surface area contributed by atoms with Crippen LogP contribution in [0.5, 0.6) is 0 Å². The number of rotatable bonds is 3. The first kappa shape index (κ1) is 10.3. The van der Waals surface area contributed by atoms with E-state index in [4.69, 9.17) is 4.43 Å². The molecule has 1 aliphatic carbocycles. The quantitative estimate of drug-likeness (QED) is 0.608. The summed E-state index contributed by atoms with van der Waals surface area (Å²) < 4.78 is 5.92. The molecule has 0 spiro atoms. The molecule has 1 atom stereocenters. The van der Waals surface area contributed by atoms with Crippen molar-refractivity contribution in [1.29, 1.82) is 0 Å². The Morgan fingerprint density at radius 1 is 1.17 bits per heavy atom. The minimum absolute atomic E-state index is 0.256. The van der Waals surface area contributed by atoms with E-state index in [-0.39, 0.29) is 6.10 Å². The monoisotopic (exact) mass is 181 g/mol. The van der Waals surface area contributed by atoms with Crippen molar-refractivity contribution in [2.45, 2.75) is 32.7 Å². The highest BCUT2D eigenvalue weighted by molar-refractivity contribution is 6.69. The van der Waals surface area contributed by atoms with Crippen molar-refractivity contribution in [3.05, 3.63) is 31.6 Å². The minimum atomic E-state index is -1.38. The van der Waals surface area contributed by atoms with Crippen molar-refractivity contribution in [3.63, 3.8) is 0 Å². The second-order valence-electron chi connectivity index (χ2n) is 4.09. The van der Waals surface area contributed by atoms with Crippen LogP contribution < -0.4 is 0 Å². The third kappa shape index (κ3) is 3.28. The van der Waals surface area contributed by atoms with Crippen LogP contribution in [-0.4, -0.2) is 14.4 Å². The molecule has 0 N–H and O–H groups in total. The average molecular weight is 181 g/mol. The zero-order chi connectivity index (χ0) is 9.19. The fraction of sp³-hybridized carbons (Fsp3) is 0.500. The maximum atomic E-state index is 5.92. The van der Waals surface area contributed by atoms with Crippen LogP contribution in [0.2, 0.25) is 19.6 Å². The SMILES string of the molecule is CC(O[Si](C)(C)C)[C]1[CH][CH][CH][CH]1. The molecule has 0 saturated heterocycles. The first-order valence-electron chi connectivity index (χ1n) is 4.38. The summed E-state index contributed by atoms with van der Waals surface area (Å²) in [6.45, 7) is 8.76. The lowest BCUT2D eigenvalue weighted by atomic mass is 10.0. The summed E-state index contributed by atoms with van der Waals surface area (Å²) in [5, 5.41) is 0. The van der Waals surface area contributed by atoms with E-state index in [0.29, 0.717) is 0 Å². The van der Waals surface area contributed by atoms with E-state index in [9.17, 15) is 0 Å². The van der Waals surface area contributed by atoms with E-state index in [2.05, 4.69) is 52.2 Å². The van der Waals surface area contributed by atoms with Gasteiger partial charge in [-0.15, -0.1) is 0 Å². The lowest BCUT2D eigenvalue weighted by molar-refractivity contribution is 0.235. The maximum absolute atomic E-state index is 5.92. The molecule has 0 heterocycles. The van der Waals surface area contributed by atoms with Gasteiger partial charge in [0.05, 0.1) is 0 Å². The highest BCUT2D eigenvalue weighted by Crippen LogP contribution is 2.29. The molecule has 0 bridgehead atoms. The van der Waals surface area contributed by atoms with Gasteiger partial charge in [-0.3, -0.25) is 0 Å². The van der Waals surface area contributed by atoms with Crippen molar-refractivity contribution < 1.29 is 4.43 Å². The van der Waals surface area contributed by atoms with E-state index in [1.54, 1.807) is 0 Å². The second kappa shape index (κ2) is 3.92. The molecule has 67 valence electrons. The predicted molar refractivity (Wildman–Crippen MR) is 54.3 cm³/mol. The van der Waals surface area contributed by atoms with E-state index >= 15 is 0 Å². The van der Waals surface area contributed by atoms with Gasteiger partial charge >= 0.3 is 0 Å². The summed E-state index contributed by atoms with van der Waals surface area (Å²) in [6, 6.07) is 0. The third-order valence-corrected chi connectivity index (χ3v) is 2.75. The van der Waals surface area contributed by atoms with Gasteiger partial charge in [0, 0.05) is 12.0 Å². The Bertz CT molecular complexity index is 133. The molecule has 0 amide bonds. The van der Waals surface area contributed by atoms with Crippen molar-refractivity contribution >= 4 is 8.32 Å². The van der Waals surface area contributed by atoms with Crippen molar-refractivity contribution in [3.8, 4) is 0 Å². The molecule has 0 aromatic rings. The number of hydrogen-bond donors (Lipinski definition) is 0. The number of hydrogen-bond acceptors (Lipinski definition) is 1. The lowest BCUT2D eigenvalue weighted by Gasteiger charge is -2.27. The second-order valence-corrected chi connectivity index (χ2v) is 8.55. The summed E-state index contributed by atoms with van der Waals surface area (Å²) in [5.41, 5.74) is 0. The van der Waals surface area contributed by atoms with Gasteiger partial charge in [0.25, 0.3) is 0 Å². The Hall–Kier alpha value is 0.177. The van der Waals surface area contributed by atoms with E-state index in [0.717, 1.165) is 0 Å². The van der Waals surface area contributed by atoms with E-state index < -0.39 is 8.32 Å². The van der Waals surface area contributed by atoms with Gasteiger partial charge in [-0.05, 0) is 52.2 Å². The van der Waals surface area contributed by atoms with Gasteiger partial charge in [-0.2, -0.15) is 0 Å². The highest BCUT2D eigenvalue weighted by atomic mass is 28.4. The molecule has 1 fully saturated rings. The van der Waals surface area contributed by atoms with Gasteiger partial charge < -0.3 is 4.43 Å². The van der Waals surface area contributed by atoms with Crippen molar-refractivity contribution in [2.24, 2.45) is 0 Å². The molecule has 2 heteroatoms. The van der Waals surface area contributed by atoms with Crippen LogP contribution in [0, 0.1) is 31.6 Å². The minimum Gasteiger partial charge on any atom is -0.414 e. The average Bonchev–Trinajstić information content (AvgIpc) is 2.32. The van der Waals surface area contributed by atoms with Crippen LogP contribution >= 0.6 is 0 Å². The fourth-order valence-electron chi connectivity index (χ4n) is 1.26. The highest BCUT2D eigenvalue weighted by Gasteiger charge is 2.27. The maximum Gasteiger partial charge on any atom is 0.184 e. The normalized spacial score (nSPS) is 23.0. The van der Waals surface area contributed by atoms with Gasteiger partial charge in [-0.1, -0.05) is 0 Å². The van der Waals surface area contributed by atoms with E-state index in [1.165, 1.54) is 5.92 Å². The molecule has 0 aliphatic heterocycles. The summed E-state index contributed by atoms with van der Waals surface area (Å²) in [4.78, 5) is 0. The Kier molecular flexibility index (Phi) is 3.35. The molecule has 12 heavy (non-hydrogen) atoms. The summed E-state index contributed by atoms with van der Waals surface area (Å²) in [7, 11) is -1.38. The molecule has 0 aromatic heterocycles. The van der Waals surface area contributed by atoms with Gasteiger partial charge in [0.2, 0.25) is 0 Å². The predicted octanol–water partition coefficient (Wildman–Crippen LogP) is 2.63. The molecular weight excluding hydrogens is 164 g/mol. The molecular formula is C10H17OSi. The van der Waals surface area contributed by atoms with Crippen LogP contribution in [-0.2, 0) is 4.43 Å². The molecule has 5 radical (unpaired) electrons. The van der Waals surface area contributed by atoms with Crippen molar-refractivity contribution in [1.82, 2.24) is 0 Å². The van der Waals surface area contributed by atoms with Crippen LogP contribution in [0.4, 0.5) is 0 Å². The van der Waals surface area contributed by atoms with Crippen molar-refractivity contribution in [2.75, 3.05) is 0 Å². The first-order chi connectivity index (χ1) is 5.49. The standard InChI is InChI=1S/C10H17OSi/c1-9(11-12(2,3)4)10-7-5-6-8-10/h5-9H,1-4H3. The zero-order valence-corrected chi connectivity index (χ0v) is 9.29. The van der Waals surface area contributed by atoms with Crippen LogP contribution in [0.15, 0.2) is 0 Å². The molecule has 1 nitrogen and oxygen atoms in total. The molecule has 0 aromatic carbocycles. The smallest absolute Gasteiger partial charge is 0.184 e. The largest absolute Gasteiger partial charge is 0.414 e.